The van der Waals surface area contributed by atoms with Crippen LogP contribution < -0.4 is 5.32 Å². The number of likely N-dealkylation sites (tertiary alicyclic amines) is 1. The molecule has 1 amide bonds. The Bertz CT molecular complexity index is 1150. The molecule has 1 saturated heterocycles. The van der Waals surface area contributed by atoms with Crippen molar-refractivity contribution in [2.45, 2.75) is 31.6 Å². The van der Waals surface area contributed by atoms with Crippen LogP contribution in [0, 0.1) is 11.8 Å². The molecule has 0 radical (unpaired) electrons. The van der Waals surface area contributed by atoms with Crippen LogP contribution in [-0.4, -0.2) is 39.4 Å². The lowest BCUT2D eigenvalue weighted by Gasteiger charge is -2.35. The van der Waals surface area contributed by atoms with Crippen molar-refractivity contribution in [1.29, 1.82) is 0 Å². The van der Waals surface area contributed by atoms with Crippen LogP contribution in [-0.2, 0) is 6.18 Å². The highest BCUT2D eigenvalue weighted by molar-refractivity contribution is 6.01. The van der Waals surface area contributed by atoms with Gasteiger partial charge in [0.2, 0.25) is 0 Å². The first-order valence-electron chi connectivity index (χ1n) is 10.9. The van der Waals surface area contributed by atoms with Gasteiger partial charge < -0.3 is 10.2 Å². The maximum atomic E-state index is 13.7. The van der Waals surface area contributed by atoms with Crippen molar-refractivity contribution in [3.8, 4) is 11.1 Å². The summed E-state index contributed by atoms with van der Waals surface area (Å²) in [4.78, 5) is 23.0. The smallest absolute Gasteiger partial charge is 0.364 e. The number of amides is 1. The summed E-state index contributed by atoms with van der Waals surface area (Å²) in [7, 11) is 0. The summed E-state index contributed by atoms with van der Waals surface area (Å²) in [5, 5.41) is 3.23. The van der Waals surface area contributed by atoms with Crippen LogP contribution in [0.4, 0.5) is 19.0 Å². The monoisotopic (exact) mass is 452 g/mol. The van der Waals surface area contributed by atoms with Gasteiger partial charge in [-0.15, -0.1) is 0 Å². The zero-order valence-corrected chi connectivity index (χ0v) is 18.0. The third-order valence-corrected chi connectivity index (χ3v) is 6.82. The van der Waals surface area contributed by atoms with Crippen molar-refractivity contribution >= 4 is 11.7 Å². The van der Waals surface area contributed by atoms with Gasteiger partial charge >= 0.3 is 6.18 Å². The van der Waals surface area contributed by atoms with Gasteiger partial charge in [-0.25, -0.2) is 9.97 Å². The lowest BCUT2D eigenvalue weighted by Crippen LogP contribution is -2.48. The van der Waals surface area contributed by atoms with E-state index in [0.717, 1.165) is 29.9 Å². The molecule has 2 heterocycles. The number of benzene rings is 2. The number of fused-ring (bicyclic) bond motifs is 2. The molecule has 0 spiro atoms. The van der Waals surface area contributed by atoms with Crippen LogP contribution >= 0.6 is 0 Å². The maximum absolute atomic E-state index is 13.7. The SMILES string of the molecule is C[C@H]1C2CC(Nc3cnc(C(F)(F)F)cn3)C1N(C(=O)c1ccccc1-c1ccccc1)C2. The van der Waals surface area contributed by atoms with Gasteiger partial charge in [-0.2, -0.15) is 13.2 Å². The van der Waals surface area contributed by atoms with Gasteiger partial charge in [0.25, 0.3) is 5.91 Å². The van der Waals surface area contributed by atoms with E-state index in [1.807, 2.05) is 59.5 Å². The van der Waals surface area contributed by atoms with Gasteiger partial charge in [-0.3, -0.25) is 4.79 Å². The Labute approximate surface area is 189 Å². The Morgan fingerprint density at radius 3 is 2.42 bits per heavy atom. The number of carbonyl (C=O) groups is 1. The summed E-state index contributed by atoms with van der Waals surface area (Å²) in [5.74, 6) is 0.851. The summed E-state index contributed by atoms with van der Waals surface area (Å²) >= 11 is 0. The summed E-state index contributed by atoms with van der Waals surface area (Å²) in [5.41, 5.74) is 1.49. The van der Waals surface area contributed by atoms with Gasteiger partial charge in [0, 0.05) is 18.2 Å². The van der Waals surface area contributed by atoms with E-state index in [1.165, 1.54) is 0 Å². The predicted molar refractivity (Wildman–Crippen MR) is 118 cm³/mol. The number of carbonyl (C=O) groups excluding carboxylic acids is 1. The molecule has 1 aliphatic carbocycles. The maximum Gasteiger partial charge on any atom is 0.434 e. The second-order valence-electron chi connectivity index (χ2n) is 8.75. The minimum atomic E-state index is -4.53. The van der Waals surface area contributed by atoms with Crippen LogP contribution in [0.3, 0.4) is 0 Å². The first-order valence-corrected chi connectivity index (χ1v) is 10.9. The van der Waals surface area contributed by atoms with Crippen LogP contribution in [0.15, 0.2) is 67.0 Å². The van der Waals surface area contributed by atoms with Crippen LogP contribution in [0.2, 0.25) is 0 Å². The lowest BCUT2D eigenvalue weighted by atomic mass is 9.97. The van der Waals surface area contributed by atoms with Gasteiger partial charge in [-0.1, -0.05) is 55.5 Å². The highest BCUT2D eigenvalue weighted by Crippen LogP contribution is 2.44. The molecular weight excluding hydrogens is 429 g/mol. The molecule has 2 fully saturated rings. The quantitative estimate of drug-likeness (QED) is 0.597. The Kier molecular flexibility index (Phi) is 5.31. The van der Waals surface area contributed by atoms with Gasteiger partial charge in [0.05, 0.1) is 18.4 Å². The number of aromatic nitrogens is 2. The van der Waals surface area contributed by atoms with E-state index >= 15 is 0 Å². The third-order valence-electron chi connectivity index (χ3n) is 6.82. The second-order valence-corrected chi connectivity index (χ2v) is 8.75. The van der Waals surface area contributed by atoms with E-state index in [0.29, 0.717) is 18.0 Å². The second kappa shape index (κ2) is 8.17. The Morgan fingerprint density at radius 2 is 1.76 bits per heavy atom. The number of hydrogen-bond acceptors (Lipinski definition) is 4. The Morgan fingerprint density at radius 1 is 1.03 bits per heavy atom. The summed E-state index contributed by atoms with van der Waals surface area (Å²) in [6, 6.07) is 17.2. The van der Waals surface area contributed by atoms with E-state index in [-0.39, 0.29) is 29.7 Å². The van der Waals surface area contributed by atoms with Crippen LogP contribution in [0.5, 0.6) is 0 Å². The fraction of sp³-hybridized carbons (Fsp3) is 0.320. The third kappa shape index (κ3) is 3.94. The molecule has 2 bridgehead atoms. The normalized spacial score (nSPS) is 24.2. The number of anilines is 1. The van der Waals surface area contributed by atoms with E-state index in [2.05, 4.69) is 22.2 Å². The Hall–Kier alpha value is -3.42. The molecule has 1 aliphatic heterocycles. The molecule has 1 aromatic heterocycles. The average Bonchev–Trinajstić information content (AvgIpc) is 3.30. The summed E-state index contributed by atoms with van der Waals surface area (Å²) in [6.07, 6.45) is -1.85. The number of piperidine rings is 1. The highest BCUT2D eigenvalue weighted by Gasteiger charge is 2.52. The van der Waals surface area contributed by atoms with E-state index in [1.54, 1.807) is 0 Å². The molecule has 170 valence electrons. The lowest BCUT2D eigenvalue weighted by molar-refractivity contribution is -0.141. The van der Waals surface area contributed by atoms with Gasteiger partial charge in [0.15, 0.2) is 5.69 Å². The first-order chi connectivity index (χ1) is 15.8. The van der Waals surface area contributed by atoms with Crippen molar-refractivity contribution in [3.63, 3.8) is 0 Å². The molecule has 4 atom stereocenters. The molecule has 3 unspecified atom stereocenters. The largest absolute Gasteiger partial charge is 0.434 e. The standard InChI is InChI=1S/C25H23F3N4O/c1-15-17-11-20(31-22-13-29-21(12-30-22)25(26,27)28)23(15)32(14-17)24(33)19-10-6-5-9-18(19)16-7-3-2-4-8-16/h2-10,12-13,15,17,20,23H,11,14H2,1H3,(H,30,31)/t15-,17?,20?,23?/m0/s1. The number of nitrogens with one attached hydrogen (secondary N) is 1. The molecule has 33 heavy (non-hydrogen) atoms. The van der Waals surface area contributed by atoms with Crippen LogP contribution in [0.1, 0.15) is 29.4 Å². The zero-order valence-electron chi connectivity index (χ0n) is 18.0. The minimum absolute atomic E-state index is 0.0289. The molecule has 2 aromatic carbocycles. The van der Waals surface area contributed by atoms with Crippen LogP contribution in [0.25, 0.3) is 11.1 Å². The molecular formula is C25H23F3N4O. The molecule has 2 aliphatic rings. The summed E-state index contributed by atoms with van der Waals surface area (Å²) in [6.45, 7) is 2.80. The molecule has 3 aromatic rings. The zero-order chi connectivity index (χ0) is 23.2. The van der Waals surface area contributed by atoms with Crippen molar-refractivity contribution in [1.82, 2.24) is 14.9 Å². The van der Waals surface area contributed by atoms with E-state index < -0.39 is 11.9 Å². The van der Waals surface area contributed by atoms with Crippen molar-refractivity contribution in [2.24, 2.45) is 11.8 Å². The molecule has 8 heteroatoms. The number of rotatable bonds is 4. The summed E-state index contributed by atoms with van der Waals surface area (Å²) < 4.78 is 38.4. The van der Waals surface area contributed by atoms with Crippen molar-refractivity contribution in [3.05, 3.63) is 78.2 Å². The number of alkyl halides is 3. The topological polar surface area (TPSA) is 58.1 Å². The number of hydrogen-bond donors (Lipinski definition) is 1. The number of halogens is 3. The molecule has 1 saturated carbocycles. The Balaban J connectivity index is 1.38. The fourth-order valence-corrected chi connectivity index (χ4v) is 5.24. The predicted octanol–water partition coefficient (Wildman–Crippen LogP) is 5.12. The number of nitrogens with zero attached hydrogens (tertiary/aromatic N) is 3. The van der Waals surface area contributed by atoms with Crippen molar-refractivity contribution < 1.29 is 18.0 Å². The highest BCUT2D eigenvalue weighted by atomic mass is 19.4. The minimum Gasteiger partial charge on any atom is -0.364 e. The molecule has 5 rings (SSSR count). The van der Waals surface area contributed by atoms with E-state index in [4.69, 9.17) is 0 Å². The fourth-order valence-electron chi connectivity index (χ4n) is 5.24. The average molecular weight is 452 g/mol. The molecule has 5 nitrogen and oxygen atoms in total. The van der Waals surface area contributed by atoms with Gasteiger partial charge in [0.1, 0.15) is 5.82 Å². The van der Waals surface area contributed by atoms with E-state index in [9.17, 15) is 18.0 Å². The van der Waals surface area contributed by atoms with Gasteiger partial charge in [-0.05, 0) is 35.4 Å². The molecule has 1 N–H and O–H groups in total. The van der Waals surface area contributed by atoms with Crippen molar-refractivity contribution in [2.75, 3.05) is 11.9 Å². The first kappa shape index (κ1) is 21.4.